The Morgan fingerprint density at radius 1 is 1.50 bits per heavy atom. The van der Waals surface area contributed by atoms with E-state index in [1.54, 1.807) is 0 Å². The minimum absolute atomic E-state index is 0.114. The molecule has 0 aliphatic heterocycles. The third kappa shape index (κ3) is 2.96. The third-order valence-electron chi connectivity index (χ3n) is 2.92. The number of carbonyl (C=O) groups is 1. The number of hydrogen-bond acceptors (Lipinski definition) is 3. The lowest BCUT2D eigenvalue weighted by atomic mass is 9.93. The zero-order chi connectivity index (χ0) is 11.5. The highest BCUT2D eigenvalue weighted by molar-refractivity contribution is 14.1. The minimum Gasteiger partial charge on any atom is -0.463 e. The van der Waals surface area contributed by atoms with E-state index in [1.807, 2.05) is 10.9 Å². The largest absolute Gasteiger partial charge is 0.463 e. The summed E-state index contributed by atoms with van der Waals surface area (Å²) in [6.07, 6.45) is 8.02. The molecule has 16 heavy (non-hydrogen) atoms. The summed E-state index contributed by atoms with van der Waals surface area (Å²) in [7, 11) is 0. The van der Waals surface area contributed by atoms with E-state index < -0.39 is 0 Å². The van der Waals surface area contributed by atoms with Crippen molar-refractivity contribution in [3.05, 3.63) is 16.0 Å². The molecule has 0 atom stereocenters. The van der Waals surface area contributed by atoms with Crippen LogP contribution in [0.5, 0.6) is 0 Å². The van der Waals surface area contributed by atoms with E-state index in [1.165, 1.54) is 10.5 Å². The van der Waals surface area contributed by atoms with Crippen LogP contribution in [0.3, 0.4) is 0 Å². The maximum Gasteiger partial charge on any atom is 0.302 e. The van der Waals surface area contributed by atoms with E-state index in [0.717, 1.165) is 25.7 Å². The Balaban J connectivity index is 1.87. The Labute approximate surface area is 108 Å². The van der Waals surface area contributed by atoms with Crippen LogP contribution in [0.25, 0.3) is 0 Å². The maximum atomic E-state index is 10.8. The molecule has 0 unspecified atom stereocenters. The molecule has 0 spiro atoms. The lowest BCUT2D eigenvalue weighted by Crippen LogP contribution is -2.25. The highest BCUT2D eigenvalue weighted by Gasteiger charge is 2.24. The van der Waals surface area contributed by atoms with Crippen molar-refractivity contribution < 1.29 is 9.53 Å². The maximum absolute atomic E-state index is 10.8. The Kier molecular flexibility index (Phi) is 3.83. The molecule has 0 bridgehead atoms. The average Bonchev–Trinajstić information content (AvgIpc) is 2.65. The molecule has 1 heterocycles. The van der Waals surface area contributed by atoms with Gasteiger partial charge in [0.1, 0.15) is 6.10 Å². The lowest BCUT2D eigenvalue weighted by Gasteiger charge is -2.28. The number of nitrogens with zero attached hydrogens (tertiary/aromatic N) is 2. The van der Waals surface area contributed by atoms with Gasteiger partial charge in [0.25, 0.3) is 0 Å². The van der Waals surface area contributed by atoms with Crippen LogP contribution >= 0.6 is 22.6 Å². The summed E-state index contributed by atoms with van der Waals surface area (Å²) in [5.74, 6) is -0.169. The van der Waals surface area contributed by atoms with Crippen LogP contribution in [0.15, 0.2) is 12.4 Å². The SMILES string of the molecule is CC(=O)OC1CCC(n2cc(I)cn2)CC1. The van der Waals surface area contributed by atoms with E-state index in [-0.39, 0.29) is 12.1 Å². The first-order valence-electron chi connectivity index (χ1n) is 5.52. The van der Waals surface area contributed by atoms with Gasteiger partial charge in [-0.1, -0.05) is 0 Å². The van der Waals surface area contributed by atoms with Crippen LogP contribution in [0.2, 0.25) is 0 Å². The molecule has 88 valence electrons. The van der Waals surface area contributed by atoms with Gasteiger partial charge in [0.2, 0.25) is 0 Å². The second-order valence-electron chi connectivity index (χ2n) is 4.18. The molecule has 1 aromatic rings. The van der Waals surface area contributed by atoms with Gasteiger partial charge in [-0.25, -0.2) is 0 Å². The first-order chi connectivity index (χ1) is 7.65. The van der Waals surface area contributed by atoms with Crippen LogP contribution in [-0.4, -0.2) is 21.9 Å². The normalized spacial score (nSPS) is 25.4. The van der Waals surface area contributed by atoms with Crippen molar-refractivity contribution >= 4 is 28.6 Å². The summed E-state index contributed by atoms with van der Waals surface area (Å²) < 4.78 is 8.41. The average molecular weight is 334 g/mol. The molecular weight excluding hydrogens is 319 g/mol. The van der Waals surface area contributed by atoms with Gasteiger partial charge in [-0.2, -0.15) is 5.10 Å². The van der Waals surface area contributed by atoms with Gasteiger partial charge >= 0.3 is 5.97 Å². The fourth-order valence-corrected chi connectivity index (χ4v) is 2.59. The molecule has 0 amide bonds. The Morgan fingerprint density at radius 2 is 2.19 bits per heavy atom. The second-order valence-corrected chi connectivity index (χ2v) is 5.42. The van der Waals surface area contributed by atoms with Crippen molar-refractivity contribution in [3.8, 4) is 0 Å². The molecule has 1 aliphatic carbocycles. The van der Waals surface area contributed by atoms with Crippen molar-refractivity contribution in [3.63, 3.8) is 0 Å². The number of carbonyl (C=O) groups excluding carboxylic acids is 1. The summed E-state index contributed by atoms with van der Waals surface area (Å²) in [4.78, 5) is 10.8. The van der Waals surface area contributed by atoms with Crippen molar-refractivity contribution in [2.45, 2.75) is 44.8 Å². The molecule has 0 saturated heterocycles. The van der Waals surface area contributed by atoms with Crippen LogP contribution < -0.4 is 0 Å². The Morgan fingerprint density at radius 3 is 2.69 bits per heavy atom. The molecular formula is C11H15IN2O2. The van der Waals surface area contributed by atoms with Crippen molar-refractivity contribution in [2.24, 2.45) is 0 Å². The third-order valence-corrected chi connectivity index (χ3v) is 3.48. The number of hydrogen-bond donors (Lipinski definition) is 0. The smallest absolute Gasteiger partial charge is 0.302 e. The highest BCUT2D eigenvalue weighted by Crippen LogP contribution is 2.29. The van der Waals surface area contributed by atoms with Gasteiger partial charge in [0.05, 0.1) is 15.8 Å². The fraction of sp³-hybridized carbons (Fsp3) is 0.636. The second kappa shape index (κ2) is 5.16. The Bertz CT molecular complexity index is 370. The predicted molar refractivity (Wildman–Crippen MR) is 68.0 cm³/mol. The van der Waals surface area contributed by atoms with Crippen LogP contribution in [-0.2, 0) is 9.53 Å². The van der Waals surface area contributed by atoms with Crippen molar-refractivity contribution in [1.29, 1.82) is 0 Å². The summed E-state index contributed by atoms with van der Waals surface area (Å²) >= 11 is 2.26. The van der Waals surface area contributed by atoms with Gasteiger partial charge in [-0.15, -0.1) is 0 Å². The van der Waals surface area contributed by atoms with Gasteiger partial charge in [0, 0.05) is 13.1 Å². The van der Waals surface area contributed by atoms with E-state index in [9.17, 15) is 4.79 Å². The molecule has 1 aromatic heterocycles. The molecule has 4 nitrogen and oxygen atoms in total. The topological polar surface area (TPSA) is 44.1 Å². The summed E-state index contributed by atoms with van der Waals surface area (Å²) in [5.41, 5.74) is 0. The van der Waals surface area contributed by atoms with Gasteiger partial charge in [-0.3, -0.25) is 9.48 Å². The van der Waals surface area contributed by atoms with E-state index >= 15 is 0 Å². The lowest BCUT2D eigenvalue weighted by molar-refractivity contribution is -0.148. The number of aromatic nitrogens is 2. The first kappa shape index (κ1) is 11.9. The standard InChI is InChI=1S/C11H15IN2O2/c1-8(15)16-11-4-2-10(3-5-11)14-7-9(12)6-13-14/h6-7,10-11H,2-5H2,1H3. The summed E-state index contributed by atoms with van der Waals surface area (Å²) in [5, 5.41) is 4.33. The quantitative estimate of drug-likeness (QED) is 0.617. The van der Waals surface area contributed by atoms with Crippen LogP contribution in [0, 0.1) is 3.57 Å². The molecule has 2 rings (SSSR count). The minimum atomic E-state index is -0.169. The summed E-state index contributed by atoms with van der Waals surface area (Å²) in [6, 6.07) is 0.468. The molecule has 1 aliphatic rings. The van der Waals surface area contributed by atoms with Crippen molar-refractivity contribution in [2.75, 3.05) is 0 Å². The van der Waals surface area contributed by atoms with E-state index in [4.69, 9.17) is 4.74 Å². The van der Waals surface area contributed by atoms with Crippen molar-refractivity contribution in [1.82, 2.24) is 9.78 Å². The number of halogens is 1. The molecule has 1 saturated carbocycles. The zero-order valence-corrected chi connectivity index (χ0v) is 11.4. The van der Waals surface area contributed by atoms with E-state index in [0.29, 0.717) is 6.04 Å². The number of ether oxygens (including phenoxy) is 1. The zero-order valence-electron chi connectivity index (χ0n) is 9.23. The molecule has 0 radical (unpaired) electrons. The predicted octanol–water partition coefficient (Wildman–Crippen LogP) is 2.53. The van der Waals surface area contributed by atoms with Gasteiger partial charge in [-0.05, 0) is 48.3 Å². The number of rotatable bonds is 2. The number of esters is 1. The summed E-state index contributed by atoms with van der Waals surface area (Å²) in [6.45, 7) is 1.47. The fourth-order valence-electron chi connectivity index (χ4n) is 2.18. The molecule has 5 heteroatoms. The first-order valence-corrected chi connectivity index (χ1v) is 6.60. The highest BCUT2D eigenvalue weighted by atomic mass is 127. The monoisotopic (exact) mass is 334 g/mol. The van der Waals surface area contributed by atoms with Gasteiger partial charge < -0.3 is 4.74 Å². The van der Waals surface area contributed by atoms with Crippen LogP contribution in [0.4, 0.5) is 0 Å². The molecule has 0 aromatic carbocycles. The van der Waals surface area contributed by atoms with Crippen LogP contribution in [0.1, 0.15) is 38.6 Å². The molecule has 0 N–H and O–H groups in total. The van der Waals surface area contributed by atoms with E-state index in [2.05, 4.69) is 33.9 Å². The van der Waals surface area contributed by atoms with Gasteiger partial charge in [0.15, 0.2) is 0 Å². The molecule has 1 fully saturated rings. The Hall–Kier alpha value is -0.590.